The van der Waals surface area contributed by atoms with E-state index in [9.17, 15) is 0 Å². The van der Waals surface area contributed by atoms with Crippen LogP contribution in [0.3, 0.4) is 0 Å². The van der Waals surface area contributed by atoms with Gasteiger partial charge in [-0.15, -0.1) is 11.3 Å². The summed E-state index contributed by atoms with van der Waals surface area (Å²) in [4.78, 5) is 5.39. The number of ether oxygens (including phenoxy) is 1. The van der Waals surface area contributed by atoms with Gasteiger partial charge in [-0.05, 0) is 37.3 Å². The van der Waals surface area contributed by atoms with Crippen LogP contribution in [0, 0.1) is 0 Å². The molecule has 1 aromatic heterocycles. The van der Waals surface area contributed by atoms with Crippen molar-refractivity contribution in [3.63, 3.8) is 0 Å². The highest BCUT2D eigenvalue weighted by molar-refractivity contribution is 7.12. The Bertz CT molecular complexity index is 430. The molecular formula is C17H30N2OS. The molecular weight excluding hydrogens is 280 g/mol. The smallest absolute Gasteiger partial charge is 0.0599 e. The number of nitrogens with two attached hydrogens (primary N) is 1. The fraction of sp³-hybridized carbons (Fsp3) is 0.765. The third-order valence-electron chi connectivity index (χ3n) is 4.24. The van der Waals surface area contributed by atoms with Gasteiger partial charge < -0.3 is 10.5 Å². The minimum Gasteiger partial charge on any atom is -0.378 e. The molecule has 2 N–H and O–H groups in total. The molecule has 0 bridgehead atoms. The van der Waals surface area contributed by atoms with Gasteiger partial charge in [0.2, 0.25) is 0 Å². The average Bonchev–Trinajstić information content (AvgIpc) is 2.91. The van der Waals surface area contributed by atoms with Crippen molar-refractivity contribution in [2.75, 3.05) is 26.2 Å². The van der Waals surface area contributed by atoms with Gasteiger partial charge in [-0.2, -0.15) is 0 Å². The van der Waals surface area contributed by atoms with Crippen molar-refractivity contribution in [3.05, 3.63) is 21.9 Å². The predicted molar refractivity (Wildman–Crippen MR) is 91.0 cm³/mol. The van der Waals surface area contributed by atoms with Crippen LogP contribution in [0.2, 0.25) is 0 Å². The molecule has 21 heavy (non-hydrogen) atoms. The van der Waals surface area contributed by atoms with Crippen LogP contribution in [0.1, 0.15) is 56.3 Å². The highest BCUT2D eigenvalue weighted by atomic mass is 32.1. The molecule has 0 amide bonds. The molecule has 1 aliphatic rings. The number of hydrogen-bond acceptors (Lipinski definition) is 4. The molecule has 3 nitrogen and oxygen atoms in total. The van der Waals surface area contributed by atoms with Gasteiger partial charge in [-0.1, -0.05) is 20.8 Å². The lowest BCUT2D eigenvalue weighted by Gasteiger charge is -2.36. The number of piperidine rings is 1. The van der Waals surface area contributed by atoms with Crippen molar-refractivity contribution in [3.8, 4) is 0 Å². The van der Waals surface area contributed by atoms with Gasteiger partial charge in [0.05, 0.1) is 12.1 Å². The van der Waals surface area contributed by atoms with Gasteiger partial charge in [0.1, 0.15) is 0 Å². The predicted octanol–water partition coefficient (Wildman–Crippen LogP) is 3.55. The van der Waals surface area contributed by atoms with Crippen molar-refractivity contribution in [2.24, 2.45) is 5.73 Å². The van der Waals surface area contributed by atoms with E-state index >= 15 is 0 Å². The molecule has 120 valence electrons. The van der Waals surface area contributed by atoms with Crippen LogP contribution in [0.25, 0.3) is 0 Å². The first-order valence-corrected chi connectivity index (χ1v) is 8.93. The van der Waals surface area contributed by atoms with E-state index < -0.39 is 0 Å². The van der Waals surface area contributed by atoms with E-state index in [2.05, 4.69) is 44.7 Å². The average molecular weight is 311 g/mol. The first kappa shape index (κ1) is 16.9. The molecule has 1 aromatic rings. The van der Waals surface area contributed by atoms with E-state index in [1.54, 1.807) is 0 Å². The quantitative estimate of drug-likeness (QED) is 0.904. The molecule has 2 rings (SSSR count). The molecule has 0 radical (unpaired) electrons. The van der Waals surface area contributed by atoms with Gasteiger partial charge in [-0.3, -0.25) is 4.90 Å². The number of likely N-dealkylation sites (tertiary alicyclic amines) is 1. The first-order valence-electron chi connectivity index (χ1n) is 8.11. The van der Waals surface area contributed by atoms with Crippen molar-refractivity contribution >= 4 is 11.3 Å². The maximum Gasteiger partial charge on any atom is 0.0599 e. The summed E-state index contributed by atoms with van der Waals surface area (Å²) in [6.45, 7) is 12.6. The molecule has 1 unspecified atom stereocenters. The zero-order valence-corrected chi connectivity index (χ0v) is 14.7. The number of hydrogen-bond donors (Lipinski definition) is 1. The summed E-state index contributed by atoms with van der Waals surface area (Å²) in [5.41, 5.74) is 6.31. The van der Waals surface area contributed by atoms with Crippen LogP contribution < -0.4 is 5.73 Å². The molecule has 0 aromatic carbocycles. The summed E-state index contributed by atoms with van der Waals surface area (Å²) in [5.74, 6) is 0. The molecule has 4 heteroatoms. The standard InChI is InChI=1S/C17H30N2OS/c1-5-20-13-8-10-19(11-9-13)14(12-18)15-6-7-16(21-15)17(2,3)4/h6-7,13-14H,5,8-12,18H2,1-4H3. The zero-order valence-electron chi connectivity index (χ0n) is 13.9. The minimum absolute atomic E-state index is 0.226. The second kappa shape index (κ2) is 7.23. The molecule has 1 atom stereocenters. The number of rotatable bonds is 5. The van der Waals surface area contributed by atoms with E-state index in [0.717, 1.165) is 32.5 Å². The fourth-order valence-corrected chi connectivity index (χ4v) is 4.18. The van der Waals surface area contributed by atoms with E-state index in [1.165, 1.54) is 9.75 Å². The van der Waals surface area contributed by atoms with Crippen LogP contribution in [-0.4, -0.2) is 37.2 Å². The first-order chi connectivity index (χ1) is 9.95. The van der Waals surface area contributed by atoms with E-state index in [1.807, 2.05) is 11.3 Å². The van der Waals surface area contributed by atoms with E-state index in [0.29, 0.717) is 18.7 Å². The normalized spacial score (nSPS) is 19.9. The van der Waals surface area contributed by atoms with Crippen LogP contribution in [0.4, 0.5) is 0 Å². The van der Waals surface area contributed by atoms with Gasteiger partial charge >= 0.3 is 0 Å². The van der Waals surface area contributed by atoms with Crippen LogP contribution in [0.15, 0.2) is 12.1 Å². The lowest BCUT2D eigenvalue weighted by atomic mass is 9.95. The Balaban J connectivity index is 2.02. The highest BCUT2D eigenvalue weighted by Gasteiger charge is 2.27. The van der Waals surface area contributed by atoms with Crippen molar-refractivity contribution in [1.82, 2.24) is 4.90 Å². The molecule has 1 aliphatic heterocycles. The van der Waals surface area contributed by atoms with Crippen molar-refractivity contribution < 1.29 is 4.74 Å². The van der Waals surface area contributed by atoms with Gasteiger partial charge in [0.15, 0.2) is 0 Å². The van der Waals surface area contributed by atoms with Gasteiger partial charge in [0, 0.05) is 36.0 Å². The summed E-state index contributed by atoms with van der Waals surface area (Å²) >= 11 is 1.92. The largest absolute Gasteiger partial charge is 0.378 e. The summed E-state index contributed by atoms with van der Waals surface area (Å²) in [7, 11) is 0. The van der Waals surface area contributed by atoms with E-state index in [-0.39, 0.29) is 5.41 Å². The Hall–Kier alpha value is -0.420. The molecule has 1 fully saturated rings. The zero-order chi connectivity index (χ0) is 15.5. The fourth-order valence-electron chi connectivity index (χ4n) is 2.97. The number of thiophene rings is 1. The Morgan fingerprint density at radius 1 is 1.33 bits per heavy atom. The molecule has 0 aliphatic carbocycles. The van der Waals surface area contributed by atoms with E-state index in [4.69, 9.17) is 10.5 Å². The second-order valence-corrected chi connectivity index (χ2v) is 8.01. The monoisotopic (exact) mass is 310 g/mol. The van der Waals surface area contributed by atoms with Crippen molar-refractivity contribution in [2.45, 2.75) is 58.1 Å². The lowest BCUT2D eigenvalue weighted by Crippen LogP contribution is -2.41. The highest BCUT2D eigenvalue weighted by Crippen LogP contribution is 2.35. The topological polar surface area (TPSA) is 38.5 Å². The number of nitrogens with zero attached hydrogens (tertiary/aromatic N) is 1. The third-order valence-corrected chi connectivity index (χ3v) is 5.85. The summed E-state index contributed by atoms with van der Waals surface area (Å²) in [6.07, 6.45) is 2.70. The second-order valence-electron chi connectivity index (χ2n) is 6.89. The molecule has 0 saturated carbocycles. The molecule has 0 spiro atoms. The van der Waals surface area contributed by atoms with Crippen molar-refractivity contribution in [1.29, 1.82) is 0 Å². The SMILES string of the molecule is CCOC1CCN(C(CN)c2ccc(C(C)(C)C)s2)CC1. The maximum absolute atomic E-state index is 6.08. The van der Waals surface area contributed by atoms with Crippen LogP contribution in [0.5, 0.6) is 0 Å². The Labute approximate surface area is 133 Å². The Morgan fingerprint density at radius 3 is 2.48 bits per heavy atom. The van der Waals surface area contributed by atoms with Gasteiger partial charge in [0.25, 0.3) is 0 Å². The van der Waals surface area contributed by atoms with Crippen LogP contribution >= 0.6 is 11.3 Å². The maximum atomic E-state index is 6.08. The van der Waals surface area contributed by atoms with Crippen LogP contribution in [-0.2, 0) is 10.2 Å². The lowest BCUT2D eigenvalue weighted by molar-refractivity contribution is 0.00488. The Kier molecular flexibility index (Phi) is 5.83. The third kappa shape index (κ3) is 4.28. The van der Waals surface area contributed by atoms with Gasteiger partial charge in [-0.25, -0.2) is 0 Å². The summed E-state index contributed by atoms with van der Waals surface area (Å²) in [6, 6.07) is 4.92. The Morgan fingerprint density at radius 2 is 2.00 bits per heavy atom. The molecule has 1 saturated heterocycles. The summed E-state index contributed by atoms with van der Waals surface area (Å²) < 4.78 is 5.74. The minimum atomic E-state index is 0.226. The summed E-state index contributed by atoms with van der Waals surface area (Å²) in [5, 5.41) is 0. The molecule has 2 heterocycles.